The Morgan fingerprint density at radius 3 is 2.67 bits per heavy atom. The van der Waals surface area contributed by atoms with Crippen LogP contribution in [0, 0.1) is 0 Å². The minimum atomic E-state index is 0. The molecule has 0 amide bonds. The molecule has 0 saturated heterocycles. The average molecular weight is 396 g/mol. The maximum absolute atomic E-state index is 4.58. The van der Waals surface area contributed by atoms with Crippen LogP contribution >= 0.6 is 0 Å². The van der Waals surface area contributed by atoms with Crippen LogP contribution in [0.3, 0.4) is 0 Å². The first-order valence-electron chi connectivity index (χ1n) is 7.17. The Kier molecular flexibility index (Phi) is 6.93. The molecule has 0 fully saturated rings. The van der Waals surface area contributed by atoms with Gasteiger partial charge in [0.25, 0.3) is 0 Å². The summed E-state index contributed by atoms with van der Waals surface area (Å²) in [5.41, 5.74) is 4.56. The van der Waals surface area contributed by atoms with Gasteiger partial charge in [0.15, 0.2) is 0 Å². The summed E-state index contributed by atoms with van der Waals surface area (Å²) in [6, 6.07) is 14.6. The Morgan fingerprint density at radius 1 is 1.00 bits per heavy atom. The van der Waals surface area contributed by atoms with Crippen LogP contribution in [-0.4, -0.2) is 9.97 Å². The molecule has 2 aromatic heterocycles. The molecule has 0 aliphatic carbocycles. The third kappa shape index (κ3) is 4.18. The van der Waals surface area contributed by atoms with Gasteiger partial charge in [-0.15, -0.1) is 0 Å². The molecule has 0 N–H and O–H groups in total. The largest absolute Gasteiger partial charge is 1.00 e. The number of fused-ring (bicyclic) bond motifs is 1. The average Bonchev–Trinajstić information content (AvgIpc) is 2.53. The summed E-state index contributed by atoms with van der Waals surface area (Å²) in [5, 5.41) is 1.18. The van der Waals surface area contributed by atoms with Crippen molar-refractivity contribution in [1.82, 2.24) is 9.97 Å². The number of benzene rings is 1. The van der Waals surface area contributed by atoms with Crippen molar-refractivity contribution >= 4 is 10.9 Å². The second-order valence-corrected chi connectivity index (χ2v) is 5.02. The first-order valence-corrected chi connectivity index (χ1v) is 7.17. The van der Waals surface area contributed by atoms with E-state index in [0.717, 1.165) is 17.5 Å². The number of pyridine rings is 2. The Hall–Kier alpha value is -0.168. The standard InChI is InChI=1S/C18H18N2.Cs.H/c1-2-3-6-15-11-10-14(13-20-15)16-7-4-9-18-17(16)8-5-12-19-18;;/h4-5,7-13H,2-3,6H2,1H3;;/q;+1;-1. The van der Waals surface area contributed by atoms with Gasteiger partial charge in [-0.1, -0.05) is 37.6 Å². The van der Waals surface area contributed by atoms with E-state index in [1.165, 1.54) is 29.5 Å². The molecule has 21 heavy (non-hydrogen) atoms. The number of hydrogen-bond acceptors (Lipinski definition) is 2. The van der Waals surface area contributed by atoms with Crippen molar-refractivity contribution in [2.24, 2.45) is 0 Å². The summed E-state index contributed by atoms with van der Waals surface area (Å²) in [7, 11) is 0. The van der Waals surface area contributed by atoms with E-state index >= 15 is 0 Å². The molecule has 1 aromatic carbocycles. The van der Waals surface area contributed by atoms with Gasteiger partial charge < -0.3 is 1.43 Å². The predicted octanol–water partition coefficient (Wildman–Crippen LogP) is 1.76. The van der Waals surface area contributed by atoms with Crippen LogP contribution in [-0.2, 0) is 6.42 Å². The van der Waals surface area contributed by atoms with E-state index in [4.69, 9.17) is 0 Å². The van der Waals surface area contributed by atoms with Gasteiger partial charge in [0.1, 0.15) is 0 Å². The van der Waals surface area contributed by atoms with Gasteiger partial charge in [-0.2, -0.15) is 0 Å². The number of unbranched alkanes of at least 4 members (excludes halogenated alkanes) is 1. The normalized spacial score (nSPS) is 10.3. The predicted molar refractivity (Wildman–Crippen MR) is 84.7 cm³/mol. The smallest absolute Gasteiger partial charge is 1.00 e. The van der Waals surface area contributed by atoms with E-state index in [1.807, 2.05) is 24.5 Å². The zero-order chi connectivity index (χ0) is 13.8. The van der Waals surface area contributed by atoms with E-state index in [1.54, 1.807) is 0 Å². The molecule has 2 heterocycles. The molecule has 0 aliphatic heterocycles. The van der Waals surface area contributed by atoms with Gasteiger partial charge in [0, 0.05) is 29.0 Å². The van der Waals surface area contributed by atoms with Crippen molar-refractivity contribution in [1.29, 1.82) is 0 Å². The minimum absolute atomic E-state index is 0. The number of aryl methyl sites for hydroxylation is 1. The molecule has 3 heteroatoms. The molecule has 0 radical (unpaired) electrons. The quantitative estimate of drug-likeness (QED) is 0.672. The fourth-order valence-electron chi connectivity index (χ4n) is 2.44. The molecule has 0 atom stereocenters. The van der Waals surface area contributed by atoms with Crippen molar-refractivity contribution in [3.8, 4) is 11.1 Å². The Bertz CT molecular complexity index is 708. The molecule has 0 spiro atoms. The van der Waals surface area contributed by atoms with Crippen molar-refractivity contribution < 1.29 is 70.3 Å². The van der Waals surface area contributed by atoms with Gasteiger partial charge in [0.2, 0.25) is 0 Å². The molecular weight excluding hydrogens is 377 g/mol. The summed E-state index contributed by atoms with van der Waals surface area (Å²) in [6.45, 7) is 2.21. The van der Waals surface area contributed by atoms with E-state index in [2.05, 4.69) is 47.2 Å². The fraction of sp³-hybridized carbons (Fsp3) is 0.222. The van der Waals surface area contributed by atoms with Crippen molar-refractivity contribution in [2.75, 3.05) is 0 Å². The van der Waals surface area contributed by atoms with Crippen LogP contribution in [0.4, 0.5) is 0 Å². The second-order valence-electron chi connectivity index (χ2n) is 5.02. The summed E-state index contributed by atoms with van der Waals surface area (Å²) in [6.07, 6.45) is 7.28. The summed E-state index contributed by atoms with van der Waals surface area (Å²) in [5.74, 6) is 0. The second kappa shape index (κ2) is 8.46. The van der Waals surface area contributed by atoms with Crippen molar-refractivity contribution in [2.45, 2.75) is 26.2 Å². The van der Waals surface area contributed by atoms with E-state index in [0.29, 0.717) is 0 Å². The molecule has 0 saturated carbocycles. The van der Waals surface area contributed by atoms with Crippen LogP contribution in [0.15, 0.2) is 54.9 Å². The van der Waals surface area contributed by atoms with Crippen LogP contribution < -0.4 is 68.9 Å². The summed E-state index contributed by atoms with van der Waals surface area (Å²) >= 11 is 0. The third-order valence-electron chi connectivity index (χ3n) is 3.57. The maximum Gasteiger partial charge on any atom is 1.00 e. The van der Waals surface area contributed by atoms with E-state index in [-0.39, 0.29) is 70.3 Å². The van der Waals surface area contributed by atoms with Gasteiger partial charge in [-0.25, -0.2) is 0 Å². The Morgan fingerprint density at radius 2 is 1.90 bits per heavy atom. The minimum Gasteiger partial charge on any atom is -1.00 e. The fourth-order valence-corrected chi connectivity index (χ4v) is 2.44. The van der Waals surface area contributed by atoms with E-state index in [9.17, 15) is 0 Å². The molecule has 3 rings (SSSR count). The number of rotatable bonds is 4. The van der Waals surface area contributed by atoms with Crippen LogP contribution in [0.2, 0.25) is 0 Å². The summed E-state index contributed by atoms with van der Waals surface area (Å²) < 4.78 is 0. The third-order valence-corrected chi connectivity index (χ3v) is 3.57. The van der Waals surface area contributed by atoms with Crippen LogP contribution in [0.5, 0.6) is 0 Å². The molecule has 3 aromatic rings. The molecule has 0 aliphatic rings. The van der Waals surface area contributed by atoms with Gasteiger partial charge in [0.05, 0.1) is 5.52 Å². The molecule has 0 unspecified atom stereocenters. The Balaban J connectivity index is 0.00000121. The monoisotopic (exact) mass is 396 g/mol. The zero-order valence-electron chi connectivity index (χ0n) is 13.7. The summed E-state index contributed by atoms with van der Waals surface area (Å²) in [4.78, 5) is 8.98. The van der Waals surface area contributed by atoms with Gasteiger partial charge in [-0.05, 0) is 36.6 Å². The van der Waals surface area contributed by atoms with Crippen LogP contribution in [0.1, 0.15) is 26.9 Å². The van der Waals surface area contributed by atoms with Crippen molar-refractivity contribution in [3.05, 3.63) is 60.6 Å². The topological polar surface area (TPSA) is 25.8 Å². The molecule has 2 nitrogen and oxygen atoms in total. The zero-order valence-corrected chi connectivity index (χ0v) is 19.0. The van der Waals surface area contributed by atoms with Gasteiger partial charge in [-0.3, -0.25) is 9.97 Å². The number of nitrogens with zero attached hydrogens (tertiary/aromatic N) is 2. The number of aromatic nitrogens is 2. The first kappa shape index (κ1) is 17.2. The SMILES string of the molecule is CCCCc1ccc(-c2cccc3ncccc23)cn1.[Cs+].[H-]. The molecule has 102 valence electrons. The first-order chi connectivity index (χ1) is 9.88. The van der Waals surface area contributed by atoms with Crippen molar-refractivity contribution in [3.63, 3.8) is 0 Å². The Labute approximate surface area is 186 Å². The van der Waals surface area contributed by atoms with E-state index < -0.39 is 0 Å². The maximum atomic E-state index is 4.58. The number of hydrogen-bond donors (Lipinski definition) is 0. The van der Waals surface area contributed by atoms with Gasteiger partial charge >= 0.3 is 68.9 Å². The molecular formula is C18H19CsN2. The van der Waals surface area contributed by atoms with Crippen LogP contribution in [0.25, 0.3) is 22.0 Å². The molecule has 0 bridgehead atoms.